The monoisotopic (exact) mass is 763 g/mol. The van der Waals surface area contributed by atoms with Gasteiger partial charge in [-0.1, -0.05) is 117 Å². The highest BCUT2D eigenvalue weighted by Crippen LogP contribution is 2.52. The number of rotatable bonds is 4. The lowest BCUT2D eigenvalue weighted by Gasteiger charge is -2.28. The number of para-hydroxylation sites is 1. The van der Waals surface area contributed by atoms with Gasteiger partial charge in [-0.2, -0.15) is 0 Å². The quantitative estimate of drug-likeness (QED) is 0.178. The van der Waals surface area contributed by atoms with Gasteiger partial charge in [-0.15, -0.1) is 22.7 Å². The summed E-state index contributed by atoms with van der Waals surface area (Å²) in [5, 5.41) is 8.72. The van der Waals surface area contributed by atoms with E-state index in [-0.39, 0.29) is 5.41 Å². The first kappa shape index (κ1) is 31.7. The van der Waals surface area contributed by atoms with E-state index in [4.69, 9.17) is 4.98 Å². The van der Waals surface area contributed by atoms with Crippen LogP contribution in [0.25, 0.3) is 90.2 Å². The van der Waals surface area contributed by atoms with Gasteiger partial charge < -0.3 is 9.30 Å². The van der Waals surface area contributed by atoms with Crippen LogP contribution in [0.2, 0.25) is 0 Å². The molecule has 0 spiro atoms. The van der Waals surface area contributed by atoms with Gasteiger partial charge in [-0.05, 0) is 82.9 Å². The van der Waals surface area contributed by atoms with Crippen LogP contribution >= 0.6 is 22.7 Å². The molecule has 0 N–H and O–H groups in total. The molecule has 0 fully saturated rings. The zero-order valence-corrected chi connectivity index (χ0v) is 32.9. The average Bonchev–Trinajstić information content (AvgIpc) is 4.05. The number of aromatic nitrogens is 2. The van der Waals surface area contributed by atoms with Crippen molar-refractivity contribution in [2.45, 2.75) is 19.3 Å². The zero-order valence-electron chi connectivity index (χ0n) is 31.2. The second-order valence-electron chi connectivity index (χ2n) is 15.9. The lowest BCUT2D eigenvalue weighted by Crippen LogP contribution is -2.16. The highest BCUT2D eigenvalue weighted by atomic mass is 32.1. The van der Waals surface area contributed by atoms with Crippen molar-refractivity contribution in [1.82, 2.24) is 9.38 Å². The minimum absolute atomic E-state index is 0.112. The van der Waals surface area contributed by atoms with Gasteiger partial charge in [0, 0.05) is 69.8 Å². The standard InChI is InChI=1S/C52H33N3S2/c1-52(2)41-17-9-6-14-34(41)35-23-20-32(27-42(35)52)54(33-21-24-37-36-15-8-11-19-46(36)56-47(37)28-33)31-22-25-45-39(26-31)40-29-43-50(57-51(53-43)30-12-4-3-5-13-30)48-38-16-7-10-18-44(38)55(45)49(40)48/h3-29H,1-2H3. The molecule has 0 saturated heterocycles. The Balaban J connectivity index is 1.08. The predicted octanol–water partition coefficient (Wildman–Crippen LogP) is 15.3. The first-order chi connectivity index (χ1) is 28.0. The van der Waals surface area contributed by atoms with Crippen LogP contribution in [0.4, 0.5) is 17.1 Å². The lowest BCUT2D eigenvalue weighted by molar-refractivity contribution is 0.660. The first-order valence-electron chi connectivity index (χ1n) is 19.5. The number of benzene rings is 8. The minimum Gasteiger partial charge on any atom is -0.310 e. The molecule has 4 heterocycles. The molecule has 12 aromatic rings. The molecule has 13 rings (SSSR count). The second kappa shape index (κ2) is 11.3. The fraction of sp³-hybridized carbons (Fsp3) is 0.0577. The molecule has 0 atom stereocenters. The predicted molar refractivity (Wildman–Crippen MR) is 245 cm³/mol. The second-order valence-corrected chi connectivity index (χ2v) is 18.0. The van der Waals surface area contributed by atoms with Crippen LogP contribution in [-0.4, -0.2) is 9.38 Å². The van der Waals surface area contributed by atoms with Crippen molar-refractivity contribution in [3.05, 3.63) is 175 Å². The van der Waals surface area contributed by atoms with Crippen molar-refractivity contribution < 1.29 is 0 Å². The normalized spacial score (nSPS) is 13.6. The molecule has 0 saturated carbocycles. The van der Waals surface area contributed by atoms with E-state index >= 15 is 0 Å². The summed E-state index contributed by atoms with van der Waals surface area (Å²) in [6, 6.07) is 60.7. The molecule has 57 heavy (non-hydrogen) atoms. The van der Waals surface area contributed by atoms with Gasteiger partial charge in [0.25, 0.3) is 0 Å². The molecule has 4 aromatic heterocycles. The molecule has 8 aromatic carbocycles. The maximum atomic E-state index is 5.29. The average molecular weight is 764 g/mol. The summed E-state index contributed by atoms with van der Waals surface area (Å²) in [4.78, 5) is 7.76. The van der Waals surface area contributed by atoms with Gasteiger partial charge in [0.1, 0.15) is 5.01 Å². The molecule has 1 aliphatic rings. The number of hydrogen-bond donors (Lipinski definition) is 0. The van der Waals surface area contributed by atoms with Crippen molar-refractivity contribution in [3.8, 4) is 21.7 Å². The number of nitrogens with zero attached hydrogens (tertiary/aromatic N) is 3. The first-order valence-corrected chi connectivity index (χ1v) is 21.2. The molecule has 0 amide bonds. The van der Waals surface area contributed by atoms with Gasteiger partial charge in [0.2, 0.25) is 0 Å². The van der Waals surface area contributed by atoms with Crippen molar-refractivity contribution in [2.24, 2.45) is 0 Å². The number of thiophene rings is 1. The Hall–Kier alpha value is -6.53. The van der Waals surface area contributed by atoms with E-state index < -0.39 is 0 Å². The Kier molecular flexibility index (Phi) is 6.27. The summed E-state index contributed by atoms with van der Waals surface area (Å²) < 4.78 is 6.34. The highest BCUT2D eigenvalue weighted by molar-refractivity contribution is 7.25. The molecule has 0 bridgehead atoms. The van der Waals surface area contributed by atoms with E-state index in [1.54, 1.807) is 11.3 Å². The van der Waals surface area contributed by atoms with E-state index in [9.17, 15) is 0 Å². The van der Waals surface area contributed by atoms with Crippen molar-refractivity contribution >= 4 is 108 Å². The largest absolute Gasteiger partial charge is 0.310 e. The van der Waals surface area contributed by atoms with Gasteiger partial charge in [-0.3, -0.25) is 0 Å². The fourth-order valence-corrected chi connectivity index (χ4v) is 12.2. The van der Waals surface area contributed by atoms with Gasteiger partial charge in [0.05, 0.1) is 26.8 Å². The summed E-state index contributed by atoms with van der Waals surface area (Å²) in [7, 11) is 0. The van der Waals surface area contributed by atoms with E-state index in [0.717, 1.165) is 33.1 Å². The Bertz CT molecular complexity index is 3620. The van der Waals surface area contributed by atoms with Crippen LogP contribution in [0.5, 0.6) is 0 Å². The molecule has 1 aliphatic carbocycles. The topological polar surface area (TPSA) is 20.5 Å². The number of fused-ring (bicyclic) bond motifs is 14. The summed E-state index contributed by atoms with van der Waals surface area (Å²) in [5.41, 5.74) is 14.7. The molecule has 0 unspecified atom stereocenters. The lowest BCUT2D eigenvalue weighted by atomic mass is 9.82. The third kappa shape index (κ3) is 4.28. The molecular formula is C52H33N3S2. The smallest absolute Gasteiger partial charge is 0.124 e. The third-order valence-corrected chi connectivity index (χ3v) is 14.8. The molecule has 268 valence electrons. The van der Waals surface area contributed by atoms with Crippen molar-refractivity contribution in [1.29, 1.82) is 0 Å². The van der Waals surface area contributed by atoms with E-state index in [1.165, 1.54) is 85.2 Å². The van der Waals surface area contributed by atoms with Gasteiger partial charge in [0.15, 0.2) is 0 Å². The molecule has 0 radical (unpaired) electrons. The number of anilines is 3. The summed E-state index contributed by atoms with van der Waals surface area (Å²) in [6.07, 6.45) is 0. The Morgan fingerprint density at radius 1 is 0.509 bits per heavy atom. The Morgan fingerprint density at radius 2 is 1.19 bits per heavy atom. The summed E-state index contributed by atoms with van der Waals surface area (Å²) in [6.45, 7) is 4.73. The van der Waals surface area contributed by atoms with Crippen LogP contribution in [-0.2, 0) is 5.41 Å². The zero-order chi connectivity index (χ0) is 37.6. The Labute approximate surface area is 336 Å². The third-order valence-electron chi connectivity index (χ3n) is 12.5. The van der Waals surface area contributed by atoms with Crippen LogP contribution < -0.4 is 4.90 Å². The van der Waals surface area contributed by atoms with E-state index in [1.807, 2.05) is 11.3 Å². The Morgan fingerprint density at radius 3 is 2.11 bits per heavy atom. The SMILES string of the molecule is CC1(C)c2ccccc2-c2ccc(N(c3ccc4c(c3)sc3ccccc34)c3ccc4c(c3)c3cc5nc(-c6ccccc6)sc5c5c6ccccc6n4c35)cc21. The number of thiazole rings is 1. The van der Waals surface area contributed by atoms with E-state index in [0.29, 0.717) is 0 Å². The van der Waals surface area contributed by atoms with E-state index in [2.05, 4.69) is 187 Å². The summed E-state index contributed by atoms with van der Waals surface area (Å²) in [5.74, 6) is 0. The van der Waals surface area contributed by atoms with Crippen molar-refractivity contribution in [3.63, 3.8) is 0 Å². The molecule has 3 nitrogen and oxygen atoms in total. The van der Waals surface area contributed by atoms with Crippen LogP contribution in [0.15, 0.2) is 164 Å². The number of hydrogen-bond acceptors (Lipinski definition) is 4. The molecule has 0 aliphatic heterocycles. The maximum absolute atomic E-state index is 5.29. The van der Waals surface area contributed by atoms with Crippen LogP contribution in [0.3, 0.4) is 0 Å². The molecule has 5 heteroatoms. The highest BCUT2D eigenvalue weighted by Gasteiger charge is 2.36. The van der Waals surface area contributed by atoms with Crippen LogP contribution in [0, 0.1) is 0 Å². The van der Waals surface area contributed by atoms with Gasteiger partial charge in [-0.25, -0.2) is 4.98 Å². The minimum atomic E-state index is -0.112. The van der Waals surface area contributed by atoms with Crippen LogP contribution in [0.1, 0.15) is 25.0 Å². The van der Waals surface area contributed by atoms with Gasteiger partial charge >= 0.3 is 0 Å². The summed E-state index contributed by atoms with van der Waals surface area (Å²) >= 11 is 3.67. The molecular weight excluding hydrogens is 731 g/mol. The van der Waals surface area contributed by atoms with Crippen molar-refractivity contribution in [2.75, 3.05) is 4.90 Å². The fourth-order valence-electron chi connectivity index (χ4n) is 9.90. The maximum Gasteiger partial charge on any atom is 0.124 e.